The molecule has 5 heteroatoms. The third-order valence-electron chi connectivity index (χ3n) is 5.24. The summed E-state index contributed by atoms with van der Waals surface area (Å²) in [5.41, 5.74) is 1.80. The van der Waals surface area contributed by atoms with Crippen LogP contribution in [0.25, 0.3) is 10.4 Å². The van der Waals surface area contributed by atoms with Crippen molar-refractivity contribution in [1.82, 2.24) is 10.2 Å². The summed E-state index contributed by atoms with van der Waals surface area (Å²) in [5, 5.41) is 4.91. The molecule has 0 saturated carbocycles. The number of hydrogen-bond donors (Lipinski definition) is 1. The van der Waals surface area contributed by atoms with Crippen molar-refractivity contribution in [2.24, 2.45) is 5.41 Å². The summed E-state index contributed by atoms with van der Waals surface area (Å²) >= 11 is 1.72. The highest BCUT2D eigenvalue weighted by Crippen LogP contribution is 2.35. The Bertz CT molecular complexity index is 755. The van der Waals surface area contributed by atoms with Crippen molar-refractivity contribution in [2.75, 3.05) is 20.1 Å². The van der Waals surface area contributed by atoms with Crippen molar-refractivity contribution >= 4 is 23.2 Å². The molecule has 4 nitrogen and oxygen atoms in total. The van der Waals surface area contributed by atoms with Crippen LogP contribution in [0.2, 0.25) is 0 Å². The van der Waals surface area contributed by atoms with Crippen molar-refractivity contribution in [1.29, 1.82) is 0 Å². The van der Waals surface area contributed by atoms with Crippen LogP contribution in [0.1, 0.15) is 31.7 Å². The highest BCUT2D eigenvalue weighted by Gasteiger charge is 2.42. The molecule has 1 fully saturated rings. The number of amides is 2. The van der Waals surface area contributed by atoms with E-state index in [-0.39, 0.29) is 11.8 Å². The molecule has 1 aliphatic rings. The van der Waals surface area contributed by atoms with Crippen LogP contribution in [0.5, 0.6) is 0 Å². The summed E-state index contributed by atoms with van der Waals surface area (Å²) in [4.78, 5) is 28.1. The van der Waals surface area contributed by atoms with Crippen LogP contribution in [0, 0.1) is 5.41 Å². The molecule has 1 aromatic carbocycles. The quantitative estimate of drug-likeness (QED) is 0.872. The number of rotatable bonds is 5. The molecule has 2 amide bonds. The van der Waals surface area contributed by atoms with Crippen molar-refractivity contribution in [3.8, 4) is 10.4 Å². The Balaban J connectivity index is 1.82. The molecule has 1 atom stereocenters. The number of benzene rings is 1. The minimum atomic E-state index is -0.539. The van der Waals surface area contributed by atoms with Crippen LogP contribution >= 0.6 is 11.3 Å². The topological polar surface area (TPSA) is 49.4 Å². The van der Waals surface area contributed by atoms with Crippen LogP contribution in [0.4, 0.5) is 0 Å². The highest BCUT2D eigenvalue weighted by molar-refractivity contribution is 7.13. The van der Waals surface area contributed by atoms with Crippen molar-refractivity contribution in [3.63, 3.8) is 0 Å². The van der Waals surface area contributed by atoms with E-state index in [0.29, 0.717) is 19.4 Å². The monoisotopic (exact) mass is 370 g/mol. The number of hydrogen-bond acceptors (Lipinski definition) is 3. The molecule has 1 aromatic heterocycles. The predicted molar refractivity (Wildman–Crippen MR) is 106 cm³/mol. The van der Waals surface area contributed by atoms with Gasteiger partial charge in [0.2, 0.25) is 11.8 Å². The third-order valence-corrected chi connectivity index (χ3v) is 6.16. The van der Waals surface area contributed by atoms with Crippen LogP contribution < -0.4 is 5.32 Å². The summed E-state index contributed by atoms with van der Waals surface area (Å²) in [6, 6.07) is 12.6. The molecule has 1 unspecified atom stereocenters. The number of nitrogens with one attached hydrogen (secondary N) is 1. The molecule has 1 aliphatic heterocycles. The molecule has 3 rings (SSSR count). The predicted octanol–water partition coefficient (Wildman–Crippen LogP) is 3.72. The second kappa shape index (κ2) is 8.04. The van der Waals surface area contributed by atoms with Crippen molar-refractivity contribution < 1.29 is 9.59 Å². The number of piperidine rings is 1. The van der Waals surface area contributed by atoms with Crippen molar-refractivity contribution in [3.05, 3.63) is 47.3 Å². The molecule has 0 spiro atoms. The maximum absolute atomic E-state index is 12.8. The van der Waals surface area contributed by atoms with E-state index in [1.54, 1.807) is 18.4 Å². The zero-order valence-electron chi connectivity index (χ0n) is 15.5. The van der Waals surface area contributed by atoms with E-state index in [1.165, 1.54) is 10.4 Å². The van der Waals surface area contributed by atoms with Gasteiger partial charge in [-0.1, -0.05) is 37.3 Å². The minimum absolute atomic E-state index is 0.0356. The standard InChI is InChI=1S/C21H26N2O2S/c1-3-19(24)23-12-5-11-21(15-23,20(25)22-2)14-16-7-9-17(10-8-16)18-6-4-13-26-18/h4,6-10,13H,3,5,11-12,14-15H2,1-2H3,(H,22,25). The molecule has 1 saturated heterocycles. The molecule has 2 heterocycles. The fourth-order valence-corrected chi connectivity index (χ4v) is 4.60. The van der Waals surface area contributed by atoms with Gasteiger partial charge in [-0.3, -0.25) is 9.59 Å². The van der Waals surface area contributed by atoms with Crippen molar-refractivity contribution in [2.45, 2.75) is 32.6 Å². The lowest BCUT2D eigenvalue weighted by molar-refractivity contribution is -0.141. The van der Waals surface area contributed by atoms with Gasteiger partial charge in [-0.2, -0.15) is 0 Å². The zero-order chi connectivity index (χ0) is 18.6. The summed E-state index contributed by atoms with van der Waals surface area (Å²) in [6.07, 6.45) is 2.82. The second-order valence-corrected chi connectivity index (χ2v) is 7.93. The van der Waals surface area contributed by atoms with Gasteiger partial charge in [0, 0.05) is 31.4 Å². The molecule has 0 aliphatic carbocycles. The van der Waals surface area contributed by atoms with Crippen LogP contribution in [-0.4, -0.2) is 36.9 Å². The molecule has 138 valence electrons. The van der Waals surface area contributed by atoms with Crippen LogP contribution in [0.15, 0.2) is 41.8 Å². The van der Waals surface area contributed by atoms with E-state index in [2.05, 4.69) is 47.1 Å². The molecule has 26 heavy (non-hydrogen) atoms. The van der Waals surface area contributed by atoms with Gasteiger partial charge < -0.3 is 10.2 Å². The maximum Gasteiger partial charge on any atom is 0.228 e. The Morgan fingerprint density at radius 2 is 2.00 bits per heavy atom. The summed E-state index contributed by atoms with van der Waals surface area (Å²) < 4.78 is 0. The van der Waals surface area contributed by atoms with E-state index in [4.69, 9.17) is 0 Å². The molecular formula is C21H26N2O2S. The van der Waals surface area contributed by atoms with E-state index in [9.17, 15) is 9.59 Å². The SMILES string of the molecule is CCC(=O)N1CCCC(Cc2ccc(-c3cccs3)cc2)(C(=O)NC)C1. The molecule has 2 aromatic rings. The first-order valence-electron chi connectivity index (χ1n) is 9.21. The Morgan fingerprint density at radius 1 is 1.23 bits per heavy atom. The number of nitrogens with zero attached hydrogens (tertiary/aromatic N) is 1. The van der Waals surface area contributed by atoms with Crippen LogP contribution in [0.3, 0.4) is 0 Å². The van der Waals surface area contributed by atoms with E-state index >= 15 is 0 Å². The Morgan fingerprint density at radius 3 is 2.62 bits per heavy atom. The smallest absolute Gasteiger partial charge is 0.228 e. The van der Waals surface area contributed by atoms with Gasteiger partial charge in [0.15, 0.2) is 0 Å². The Labute approximate surface area is 159 Å². The zero-order valence-corrected chi connectivity index (χ0v) is 16.3. The lowest BCUT2D eigenvalue weighted by Gasteiger charge is -2.41. The van der Waals surface area contributed by atoms with E-state index in [1.807, 2.05) is 11.8 Å². The van der Waals surface area contributed by atoms with Gasteiger partial charge in [0.05, 0.1) is 5.41 Å². The fourth-order valence-electron chi connectivity index (χ4n) is 3.86. The number of thiophene rings is 1. The van der Waals surface area contributed by atoms with Crippen LogP contribution in [-0.2, 0) is 16.0 Å². The highest BCUT2D eigenvalue weighted by atomic mass is 32.1. The third kappa shape index (κ3) is 3.83. The van der Waals surface area contributed by atoms with Gasteiger partial charge in [-0.25, -0.2) is 0 Å². The van der Waals surface area contributed by atoms with Gasteiger partial charge in [0.1, 0.15) is 0 Å². The number of carbonyl (C=O) groups is 2. The van der Waals surface area contributed by atoms with E-state index in [0.717, 1.165) is 24.9 Å². The molecule has 0 radical (unpaired) electrons. The first kappa shape index (κ1) is 18.6. The van der Waals surface area contributed by atoms with Gasteiger partial charge in [0.25, 0.3) is 0 Å². The van der Waals surface area contributed by atoms with E-state index < -0.39 is 5.41 Å². The normalized spacial score (nSPS) is 20.0. The Kier molecular flexibility index (Phi) is 5.77. The average molecular weight is 371 g/mol. The van der Waals surface area contributed by atoms with Gasteiger partial charge in [-0.05, 0) is 41.8 Å². The fraction of sp³-hybridized carbons (Fsp3) is 0.429. The Hall–Kier alpha value is -2.14. The maximum atomic E-state index is 12.8. The second-order valence-electron chi connectivity index (χ2n) is 6.98. The largest absolute Gasteiger partial charge is 0.359 e. The van der Waals surface area contributed by atoms with Gasteiger partial charge in [-0.15, -0.1) is 11.3 Å². The lowest BCUT2D eigenvalue weighted by Crippen LogP contribution is -2.53. The minimum Gasteiger partial charge on any atom is -0.359 e. The molecular weight excluding hydrogens is 344 g/mol. The molecule has 1 N–H and O–H groups in total. The average Bonchev–Trinajstić information content (AvgIpc) is 3.22. The number of carbonyl (C=O) groups excluding carboxylic acids is 2. The first-order chi connectivity index (χ1) is 12.6. The summed E-state index contributed by atoms with van der Waals surface area (Å²) in [6.45, 7) is 3.14. The number of likely N-dealkylation sites (tertiary alicyclic amines) is 1. The first-order valence-corrected chi connectivity index (χ1v) is 10.1. The van der Waals surface area contributed by atoms with Gasteiger partial charge >= 0.3 is 0 Å². The lowest BCUT2D eigenvalue weighted by atomic mass is 9.74. The summed E-state index contributed by atoms with van der Waals surface area (Å²) in [5.74, 6) is 0.166. The summed E-state index contributed by atoms with van der Waals surface area (Å²) in [7, 11) is 1.69. The molecule has 0 bridgehead atoms.